The quantitative estimate of drug-likeness (QED) is 0.377. The van der Waals surface area contributed by atoms with Crippen LogP contribution < -0.4 is 20.3 Å². The van der Waals surface area contributed by atoms with Gasteiger partial charge in [-0.15, -0.1) is 0 Å². The average molecular weight is 541 g/mol. The summed E-state index contributed by atoms with van der Waals surface area (Å²) >= 11 is 6.57. The fourth-order valence-electron chi connectivity index (χ4n) is 3.91. The first kappa shape index (κ1) is 28.7. The third kappa shape index (κ3) is 7.35. The first-order valence-corrected chi connectivity index (χ1v) is 12.5. The van der Waals surface area contributed by atoms with Crippen LogP contribution in [0.2, 0.25) is 5.02 Å². The Balaban J connectivity index is 2.05. The number of aryl methyl sites for hydroxylation is 2. The van der Waals surface area contributed by atoms with Crippen LogP contribution in [0.25, 0.3) is 0 Å². The van der Waals surface area contributed by atoms with Gasteiger partial charge in [-0.2, -0.15) is 0 Å². The lowest BCUT2D eigenvalue weighted by Crippen LogP contribution is -2.49. The van der Waals surface area contributed by atoms with E-state index in [0.717, 1.165) is 5.56 Å². The van der Waals surface area contributed by atoms with Crippen molar-refractivity contribution in [2.75, 3.05) is 17.3 Å². The van der Waals surface area contributed by atoms with E-state index in [4.69, 9.17) is 20.9 Å². The van der Waals surface area contributed by atoms with Crippen molar-refractivity contribution >= 4 is 40.8 Å². The van der Waals surface area contributed by atoms with E-state index in [1.165, 1.54) is 12.0 Å². The molecule has 1 aromatic heterocycles. The van der Waals surface area contributed by atoms with Crippen molar-refractivity contribution in [3.05, 3.63) is 70.4 Å². The molecule has 0 bridgehead atoms. The smallest absolute Gasteiger partial charge is 0.248 e. The number of hydrogen-bond donors (Lipinski definition) is 2. The number of halogens is 1. The maximum atomic E-state index is 13.9. The molecule has 0 unspecified atom stereocenters. The summed E-state index contributed by atoms with van der Waals surface area (Å²) < 4.78 is 10.5. The Morgan fingerprint density at radius 3 is 2.39 bits per heavy atom. The number of anilines is 2. The minimum Gasteiger partial charge on any atom is -0.495 e. The van der Waals surface area contributed by atoms with Gasteiger partial charge < -0.3 is 19.9 Å². The molecule has 3 rings (SSSR count). The Morgan fingerprint density at radius 2 is 1.79 bits per heavy atom. The SMILES string of the molecule is COc1ccc(C)cc1N(C(=O)CCC(=O)Nc1cc(C)on1)[C@@H](C(=O)NC(C)(C)C)c1ccccc1Cl. The standard InChI is InChI=1S/C28H33ClN4O5/c1-17-11-12-22(37-6)21(15-17)33(25(35)14-13-24(34)30-23-16-18(2)38-32-23)26(27(36)31-28(3,4)5)19-9-7-8-10-20(19)29/h7-12,15-16,26H,13-14H2,1-6H3,(H,31,36)(H,30,32,34)/t26-/m1/s1. The molecule has 0 saturated carbocycles. The number of nitrogens with zero attached hydrogens (tertiary/aromatic N) is 2. The summed E-state index contributed by atoms with van der Waals surface area (Å²) in [5, 5.41) is 9.66. The fraction of sp³-hybridized carbons (Fsp3) is 0.357. The summed E-state index contributed by atoms with van der Waals surface area (Å²) in [6, 6.07) is 12.7. The predicted molar refractivity (Wildman–Crippen MR) is 146 cm³/mol. The number of amides is 3. The lowest BCUT2D eigenvalue weighted by atomic mass is 9.99. The zero-order valence-electron chi connectivity index (χ0n) is 22.4. The van der Waals surface area contributed by atoms with Gasteiger partial charge in [-0.25, -0.2) is 0 Å². The molecule has 0 radical (unpaired) electrons. The molecule has 0 aliphatic heterocycles. The molecule has 2 aromatic carbocycles. The highest BCUT2D eigenvalue weighted by atomic mass is 35.5. The van der Waals surface area contributed by atoms with Gasteiger partial charge in [-0.3, -0.25) is 19.3 Å². The van der Waals surface area contributed by atoms with Gasteiger partial charge in [0, 0.05) is 35.0 Å². The second-order valence-corrected chi connectivity index (χ2v) is 10.4. The van der Waals surface area contributed by atoms with Crippen molar-refractivity contribution in [1.29, 1.82) is 0 Å². The molecule has 38 heavy (non-hydrogen) atoms. The zero-order chi connectivity index (χ0) is 28.0. The van der Waals surface area contributed by atoms with Crippen molar-refractivity contribution in [1.82, 2.24) is 10.5 Å². The molecule has 1 heterocycles. The summed E-state index contributed by atoms with van der Waals surface area (Å²) in [6.07, 6.45) is -0.338. The van der Waals surface area contributed by atoms with Crippen LogP contribution in [0.3, 0.4) is 0 Å². The molecule has 0 aliphatic carbocycles. The van der Waals surface area contributed by atoms with E-state index in [9.17, 15) is 14.4 Å². The predicted octanol–water partition coefficient (Wildman–Crippen LogP) is 5.36. The van der Waals surface area contributed by atoms with Crippen molar-refractivity contribution in [2.24, 2.45) is 0 Å². The van der Waals surface area contributed by atoms with E-state index in [-0.39, 0.29) is 18.7 Å². The molecule has 1 atom stereocenters. The number of carbonyl (C=O) groups is 3. The number of hydrogen-bond acceptors (Lipinski definition) is 6. The Kier molecular flexibility index (Phi) is 9.17. The number of rotatable bonds is 9. The molecular formula is C28H33ClN4O5. The average Bonchev–Trinajstić information content (AvgIpc) is 3.24. The topological polar surface area (TPSA) is 114 Å². The lowest BCUT2D eigenvalue weighted by molar-refractivity contribution is -0.128. The molecule has 9 nitrogen and oxygen atoms in total. The number of methoxy groups -OCH3 is 1. The number of aromatic nitrogens is 1. The molecule has 202 valence electrons. The maximum absolute atomic E-state index is 13.9. The van der Waals surface area contributed by atoms with E-state index < -0.39 is 29.3 Å². The minimum absolute atomic E-state index is 0.147. The maximum Gasteiger partial charge on any atom is 0.248 e. The van der Waals surface area contributed by atoms with Gasteiger partial charge in [0.05, 0.1) is 12.8 Å². The molecule has 0 spiro atoms. The van der Waals surface area contributed by atoms with Crippen LogP contribution in [0.15, 0.2) is 53.1 Å². The molecule has 2 N–H and O–H groups in total. The lowest BCUT2D eigenvalue weighted by Gasteiger charge is -2.35. The summed E-state index contributed by atoms with van der Waals surface area (Å²) in [6.45, 7) is 9.13. The van der Waals surface area contributed by atoms with E-state index >= 15 is 0 Å². The zero-order valence-corrected chi connectivity index (χ0v) is 23.2. The first-order valence-electron chi connectivity index (χ1n) is 12.2. The molecule has 0 fully saturated rings. The van der Waals surface area contributed by atoms with Crippen molar-refractivity contribution in [2.45, 2.75) is 59.0 Å². The minimum atomic E-state index is -1.13. The molecule has 3 amide bonds. The van der Waals surface area contributed by atoms with Crippen LogP contribution in [-0.2, 0) is 14.4 Å². The van der Waals surface area contributed by atoms with Crippen LogP contribution in [0, 0.1) is 13.8 Å². The molecule has 10 heteroatoms. The third-order valence-corrected chi connectivity index (χ3v) is 5.87. The number of carbonyl (C=O) groups excluding carboxylic acids is 3. The summed E-state index contributed by atoms with van der Waals surface area (Å²) in [4.78, 5) is 41.7. The van der Waals surface area contributed by atoms with E-state index in [1.807, 2.05) is 33.8 Å². The van der Waals surface area contributed by atoms with E-state index in [1.54, 1.807) is 49.4 Å². The largest absolute Gasteiger partial charge is 0.495 e. The highest BCUT2D eigenvalue weighted by molar-refractivity contribution is 6.31. The van der Waals surface area contributed by atoms with Gasteiger partial charge >= 0.3 is 0 Å². The Bertz CT molecular complexity index is 1310. The summed E-state index contributed by atoms with van der Waals surface area (Å²) in [5.41, 5.74) is 1.10. The Hall–Kier alpha value is -3.85. The van der Waals surface area contributed by atoms with Gasteiger partial charge in [-0.05, 0) is 58.4 Å². The summed E-state index contributed by atoms with van der Waals surface area (Å²) in [5.74, 6) is -0.111. The van der Waals surface area contributed by atoms with Crippen LogP contribution in [0.5, 0.6) is 5.75 Å². The van der Waals surface area contributed by atoms with Crippen molar-refractivity contribution in [3.63, 3.8) is 0 Å². The Morgan fingerprint density at radius 1 is 1.08 bits per heavy atom. The molecule has 0 aliphatic rings. The monoisotopic (exact) mass is 540 g/mol. The van der Waals surface area contributed by atoms with Crippen molar-refractivity contribution in [3.8, 4) is 5.75 Å². The fourth-order valence-corrected chi connectivity index (χ4v) is 4.15. The number of ether oxygens (including phenoxy) is 1. The van der Waals surface area contributed by atoms with Gasteiger partial charge in [0.15, 0.2) is 5.82 Å². The van der Waals surface area contributed by atoms with Crippen LogP contribution in [0.1, 0.15) is 56.5 Å². The highest BCUT2D eigenvalue weighted by Gasteiger charge is 2.37. The first-order chi connectivity index (χ1) is 17.9. The third-order valence-electron chi connectivity index (χ3n) is 5.53. The van der Waals surface area contributed by atoms with E-state index in [0.29, 0.717) is 27.8 Å². The van der Waals surface area contributed by atoms with E-state index in [2.05, 4.69) is 15.8 Å². The molecule has 3 aromatic rings. The van der Waals surface area contributed by atoms with Gasteiger partial charge in [-0.1, -0.05) is 41.0 Å². The molecular weight excluding hydrogens is 508 g/mol. The van der Waals surface area contributed by atoms with Crippen LogP contribution in [0.4, 0.5) is 11.5 Å². The highest BCUT2D eigenvalue weighted by Crippen LogP contribution is 2.38. The van der Waals surface area contributed by atoms with Crippen LogP contribution >= 0.6 is 11.6 Å². The number of benzene rings is 2. The van der Waals surface area contributed by atoms with Crippen molar-refractivity contribution < 1.29 is 23.6 Å². The number of nitrogens with one attached hydrogen (secondary N) is 2. The van der Waals surface area contributed by atoms with Gasteiger partial charge in [0.2, 0.25) is 17.7 Å². The van der Waals surface area contributed by atoms with Crippen LogP contribution in [-0.4, -0.2) is 35.5 Å². The van der Waals surface area contributed by atoms with Gasteiger partial charge in [0.1, 0.15) is 17.6 Å². The van der Waals surface area contributed by atoms with Gasteiger partial charge in [0.25, 0.3) is 0 Å². The second kappa shape index (κ2) is 12.1. The molecule has 0 saturated heterocycles. The normalized spacial score (nSPS) is 12.0. The second-order valence-electron chi connectivity index (χ2n) is 9.97. The summed E-state index contributed by atoms with van der Waals surface area (Å²) in [7, 11) is 1.49. The Labute approximate surface area is 227 Å².